The lowest BCUT2D eigenvalue weighted by Crippen LogP contribution is -2.28. The fourth-order valence-corrected chi connectivity index (χ4v) is 4.12. The van der Waals surface area contributed by atoms with Gasteiger partial charge in [0.25, 0.3) is 5.91 Å². The molecule has 1 aromatic heterocycles. The second kappa shape index (κ2) is 7.95. The Bertz CT molecular complexity index is 671. The summed E-state index contributed by atoms with van der Waals surface area (Å²) in [5.74, 6) is 0.0943. The van der Waals surface area contributed by atoms with E-state index in [9.17, 15) is 4.79 Å². The molecule has 1 amide bonds. The van der Waals surface area contributed by atoms with Gasteiger partial charge in [-0.25, -0.2) is 0 Å². The minimum Gasteiger partial charge on any atom is -0.378 e. The van der Waals surface area contributed by atoms with Crippen LogP contribution < -0.4 is 0 Å². The van der Waals surface area contributed by atoms with E-state index < -0.39 is 0 Å². The zero-order valence-electron chi connectivity index (χ0n) is 14.5. The van der Waals surface area contributed by atoms with Crippen molar-refractivity contribution in [3.63, 3.8) is 0 Å². The predicted octanol–water partition coefficient (Wildman–Crippen LogP) is 4.75. The average Bonchev–Trinajstić information content (AvgIpc) is 3.26. The van der Waals surface area contributed by atoms with Crippen LogP contribution in [-0.4, -0.2) is 37.1 Å². The van der Waals surface area contributed by atoms with Gasteiger partial charge in [-0.05, 0) is 67.3 Å². The molecule has 128 valence electrons. The van der Waals surface area contributed by atoms with Crippen LogP contribution in [0, 0.1) is 6.92 Å². The molecular weight excluding hydrogens is 318 g/mol. The minimum absolute atomic E-state index is 0.0943. The van der Waals surface area contributed by atoms with E-state index in [4.69, 9.17) is 4.74 Å². The third-order valence-electron chi connectivity index (χ3n) is 4.65. The highest BCUT2D eigenvalue weighted by molar-refractivity contribution is 7.13. The molecule has 1 aromatic carbocycles. The van der Waals surface area contributed by atoms with Gasteiger partial charge in [0.05, 0.1) is 6.10 Å². The summed E-state index contributed by atoms with van der Waals surface area (Å²) in [5.41, 5.74) is 3.22. The molecule has 24 heavy (non-hydrogen) atoms. The topological polar surface area (TPSA) is 29.5 Å². The highest BCUT2D eigenvalue weighted by Gasteiger charge is 2.16. The number of thiophene rings is 1. The number of carbonyl (C=O) groups is 1. The lowest BCUT2D eigenvalue weighted by molar-refractivity contribution is 0.0763. The van der Waals surface area contributed by atoms with Gasteiger partial charge in [0.15, 0.2) is 0 Å². The van der Waals surface area contributed by atoms with Crippen LogP contribution in [0.2, 0.25) is 0 Å². The van der Waals surface area contributed by atoms with Gasteiger partial charge in [-0.3, -0.25) is 4.79 Å². The molecule has 1 aliphatic heterocycles. The summed E-state index contributed by atoms with van der Waals surface area (Å²) in [7, 11) is 1.88. The molecule has 1 aliphatic rings. The van der Waals surface area contributed by atoms with Crippen LogP contribution >= 0.6 is 11.3 Å². The Kier molecular flexibility index (Phi) is 5.69. The Balaban J connectivity index is 1.55. The van der Waals surface area contributed by atoms with Crippen LogP contribution in [0.25, 0.3) is 10.4 Å². The fraction of sp³-hybridized carbons (Fsp3) is 0.450. The summed E-state index contributed by atoms with van der Waals surface area (Å²) in [4.78, 5) is 15.6. The average molecular weight is 343 g/mol. The predicted molar refractivity (Wildman–Crippen MR) is 99.7 cm³/mol. The minimum atomic E-state index is 0.0943. The molecule has 0 aliphatic carbocycles. The molecule has 0 bridgehead atoms. The first-order chi connectivity index (χ1) is 11.6. The van der Waals surface area contributed by atoms with Crippen LogP contribution in [0.3, 0.4) is 0 Å². The second-order valence-corrected chi connectivity index (χ2v) is 7.43. The number of nitrogens with zero attached hydrogens (tertiary/aromatic N) is 1. The van der Waals surface area contributed by atoms with E-state index in [1.807, 2.05) is 36.2 Å². The maximum Gasteiger partial charge on any atom is 0.253 e. The summed E-state index contributed by atoms with van der Waals surface area (Å²) in [5, 5.41) is 2.10. The lowest BCUT2D eigenvalue weighted by Gasteiger charge is -2.18. The highest BCUT2D eigenvalue weighted by Crippen LogP contribution is 2.29. The summed E-state index contributed by atoms with van der Waals surface area (Å²) < 4.78 is 5.64. The SMILES string of the molecule is Cc1ccsc1-c1ccc(C(=O)N(C)CCC[C@@H]2CCCO2)cc1. The number of rotatable bonds is 6. The monoisotopic (exact) mass is 343 g/mol. The van der Waals surface area contributed by atoms with Gasteiger partial charge in [0.2, 0.25) is 0 Å². The molecule has 0 unspecified atom stereocenters. The zero-order chi connectivity index (χ0) is 16.9. The van der Waals surface area contributed by atoms with Crippen LogP contribution in [0.15, 0.2) is 35.7 Å². The normalized spacial score (nSPS) is 17.2. The number of hydrogen-bond acceptors (Lipinski definition) is 3. The van der Waals surface area contributed by atoms with E-state index in [0.717, 1.165) is 31.6 Å². The number of hydrogen-bond donors (Lipinski definition) is 0. The van der Waals surface area contributed by atoms with Gasteiger partial charge in [0, 0.05) is 30.6 Å². The molecule has 0 spiro atoms. The molecular formula is C20H25NO2S. The molecule has 0 N–H and O–H groups in total. The molecule has 0 saturated carbocycles. The van der Waals surface area contributed by atoms with Crippen molar-refractivity contribution in [2.24, 2.45) is 0 Å². The van der Waals surface area contributed by atoms with Gasteiger partial charge < -0.3 is 9.64 Å². The van der Waals surface area contributed by atoms with E-state index in [1.54, 1.807) is 11.3 Å². The molecule has 0 radical (unpaired) electrons. The van der Waals surface area contributed by atoms with E-state index in [0.29, 0.717) is 6.10 Å². The van der Waals surface area contributed by atoms with Crippen molar-refractivity contribution in [2.45, 2.75) is 38.7 Å². The Morgan fingerprint density at radius 3 is 2.71 bits per heavy atom. The number of carbonyl (C=O) groups excluding carboxylic acids is 1. The maximum absolute atomic E-state index is 12.5. The first-order valence-corrected chi connectivity index (χ1v) is 9.54. The van der Waals surface area contributed by atoms with E-state index in [-0.39, 0.29) is 5.91 Å². The molecule has 4 heteroatoms. The molecule has 1 atom stereocenters. The van der Waals surface area contributed by atoms with Crippen LogP contribution in [0.4, 0.5) is 0 Å². The van der Waals surface area contributed by atoms with Crippen molar-refractivity contribution >= 4 is 17.2 Å². The number of aryl methyl sites for hydroxylation is 1. The molecule has 2 heterocycles. The molecule has 2 aromatic rings. The van der Waals surface area contributed by atoms with E-state index in [1.165, 1.54) is 28.8 Å². The van der Waals surface area contributed by atoms with Crippen molar-refractivity contribution < 1.29 is 9.53 Å². The van der Waals surface area contributed by atoms with E-state index in [2.05, 4.69) is 18.4 Å². The standard InChI is InChI=1S/C20H25NO2S/c1-15-11-14-24-19(15)16-7-9-17(10-8-16)20(22)21(2)12-3-5-18-6-4-13-23-18/h7-11,14,18H,3-6,12-13H2,1-2H3/t18-/m1/s1. The Morgan fingerprint density at radius 2 is 2.08 bits per heavy atom. The fourth-order valence-electron chi connectivity index (χ4n) is 3.18. The first-order valence-electron chi connectivity index (χ1n) is 8.67. The second-order valence-electron chi connectivity index (χ2n) is 6.51. The van der Waals surface area contributed by atoms with Crippen molar-refractivity contribution in [3.05, 3.63) is 46.8 Å². The van der Waals surface area contributed by atoms with Gasteiger partial charge in [-0.1, -0.05) is 12.1 Å². The summed E-state index contributed by atoms with van der Waals surface area (Å²) in [6.07, 6.45) is 4.80. The number of benzene rings is 1. The van der Waals surface area contributed by atoms with Crippen LogP contribution in [0.5, 0.6) is 0 Å². The smallest absolute Gasteiger partial charge is 0.253 e. The van der Waals surface area contributed by atoms with Crippen LogP contribution in [-0.2, 0) is 4.74 Å². The van der Waals surface area contributed by atoms with Gasteiger partial charge >= 0.3 is 0 Å². The number of ether oxygens (including phenoxy) is 1. The Morgan fingerprint density at radius 1 is 1.29 bits per heavy atom. The van der Waals surface area contributed by atoms with Crippen molar-refractivity contribution in [3.8, 4) is 10.4 Å². The summed E-state index contributed by atoms with van der Waals surface area (Å²) in [6.45, 7) is 3.80. The molecule has 3 nitrogen and oxygen atoms in total. The number of amides is 1. The molecule has 1 saturated heterocycles. The summed E-state index contributed by atoms with van der Waals surface area (Å²) in [6, 6.07) is 10.1. The van der Waals surface area contributed by atoms with E-state index >= 15 is 0 Å². The summed E-state index contributed by atoms with van der Waals surface area (Å²) >= 11 is 1.74. The third kappa shape index (κ3) is 4.05. The van der Waals surface area contributed by atoms with Gasteiger partial charge in [0.1, 0.15) is 0 Å². The lowest BCUT2D eigenvalue weighted by atomic mass is 10.1. The van der Waals surface area contributed by atoms with Crippen molar-refractivity contribution in [1.29, 1.82) is 0 Å². The van der Waals surface area contributed by atoms with Crippen molar-refractivity contribution in [1.82, 2.24) is 4.90 Å². The molecule has 1 fully saturated rings. The largest absolute Gasteiger partial charge is 0.378 e. The van der Waals surface area contributed by atoms with Crippen molar-refractivity contribution in [2.75, 3.05) is 20.2 Å². The highest BCUT2D eigenvalue weighted by atomic mass is 32.1. The zero-order valence-corrected chi connectivity index (χ0v) is 15.3. The Labute approximate surface area is 148 Å². The first kappa shape index (κ1) is 17.2. The van der Waals surface area contributed by atoms with Crippen LogP contribution in [0.1, 0.15) is 41.6 Å². The maximum atomic E-state index is 12.5. The van der Waals surface area contributed by atoms with Gasteiger partial charge in [-0.15, -0.1) is 11.3 Å². The quantitative estimate of drug-likeness (QED) is 0.757. The molecule has 3 rings (SSSR count). The Hall–Kier alpha value is -1.65. The third-order valence-corrected chi connectivity index (χ3v) is 5.71. The van der Waals surface area contributed by atoms with Gasteiger partial charge in [-0.2, -0.15) is 0 Å².